The zero-order chi connectivity index (χ0) is 30.3. The number of carbonyl (C=O) groups is 1. The molecule has 3 N–H and O–H groups in total. The lowest BCUT2D eigenvalue weighted by Gasteiger charge is -2.33. The van der Waals surface area contributed by atoms with Crippen LogP contribution >= 0.6 is 0 Å². The SMILES string of the molecule is CNC(=O)c1ccc(NCC#Cc2nc3c(N[C@@H]4CCN(C)C[C@@H]4F)cccn3c2CC(F)(F)F)c(OCCOC)c1. The van der Waals surface area contributed by atoms with Gasteiger partial charge in [0, 0.05) is 39.0 Å². The molecule has 3 heterocycles. The minimum atomic E-state index is -4.49. The van der Waals surface area contributed by atoms with Gasteiger partial charge in [-0.3, -0.25) is 4.79 Å². The molecule has 42 heavy (non-hydrogen) atoms. The predicted octanol–water partition coefficient (Wildman–Crippen LogP) is 3.74. The van der Waals surface area contributed by atoms with Crippen LogP contribution < -0.4 is 20.7 Å². The smallest absolute Gasteiger partial charge is 0.394 e. The largest absolute Gasteiger partial charge is 0.489 e. The van der Waals surface area contributed by atoms with Gasteiger partial charge in [0.25, 0.3) is 5.91 Å². The van der Waals surface area contributed by atoms with Crippen molar-refractivity contribution in [1.82, 2.24) is 19.6 Å². The van der Waals surface area contributed by atoms with Crippen molar-refractivity contribution in [3.05, 3.63) is 53.5 Å². The molecule has 1 aliphatic heterocycles. The number of likely N-dealkylation sites (tertiary alicyclic amines) is 1. The molecular formula is C29H34F4N6O3. The van der Waals surface area contributed by atoms with Gasteiger partial charge in [0.05, 0.1) is 42.7 Å². The molecule has 13 heteroatoms. The number of amides is 1. The van der Waals surface area contributed by atoms with E-state index in [1.165, 1.54) is 24.8 Å². The Morgan fingerprint density at radius 2 is 2.02 bits per heavy atom. The topological polar surface area (TPSA) is 92.2 Å². The van der Waals surface area contributed by atoms with Crippen LogP contribution in [-0.4, -0.2) is 92.6 Å². The maximum atomic E-state index is 14.7. The van der Waals surface area contributed by atoms with Gasteiger partial charge < -0.3 is 34.7 Å². The van der Waals surface area contributed by atoms with Crippen LogP contribution in [0.5, 0.6) is 5.75 Å². The molecule has 0 aliphatic carbocycles. The molecule has 2 aromatic heterocycles. The Kier molecular flexibility index (Phi) is 10.1. The van der Waals surface area contributed by atoms with Crippen LogP contribution in [0.4, 0.5) is 28.9 Å². The van der Waals surface area contributed by atoms with E-state index >= 15 is 0 Å². The summed E-state index contributed by atoms with van der Waals surface area (Å²) in [5.74, 6) is 5.73. The highest BCUT2D eigenvalue weighted by Gasteiger charge is 2.32. The molecule has 226 valence electrons. The van der Waals surface area contributed by atoms with E-state index in [2.05, 4.69) is 32.8 Å². The van der Waals surface area contributed by atoms with Crippen molar-refractivity contribution in [3.8, 4) is 17.6 Å². The number of ether oxygens (including phenoxy) is 2. The Labute approximate surface area is 241 Å². The number of nitrogens with zero attached hydrogens (tertiary/aromatic N) is 3. The van der Waals surface area contributed by atoms with Crippen molar-refractivity contribution in [2.24, 2.45) is 0 Å². The first-order valence-corrected chi connectivity index (χ1v) is 13.5. The third-order valence-corrected chi connectivity index (χ3v) is 6.79. The highest BCUT2D eigenvalue weighted by molar-refractivity contribution is 5.95. The van der Waals surface area contributed by atoms with Crippen LogP contribution in [0, 0.1) is 11.8 Å². The molecule has 0 saturated carbocycles. The van der Waals surface area contributed by atoms with Crippen LogP contribution in [0.3, 0.4) is 0 Å². The van der Waals surface area contributed by atoms with Crippen molar-refractivity contribution >= 4 is 22.9 Å². The number of pyridine rings is 1. The molecule has 3 aromatic rings. The number of aromatic nitrogens is 2. The van der Waals surface area contributed by atoms with Crippen molar-refractivity contribution in [2.75, 3.05) is 64.7 Å². The molecule has 1 aliphatic rings. The van der Waals surface area contributed by atoms with Crippen LogP contribution in [-0.2, 0) is 11.2 Å². The van der Waals surface area contributed by atoms with Crippen molar-refractivity contribution in [2.45, 2.75) is 31.2 Å². The number of hydrogen-bond acceptors (Lipinski definition) is 7. The maximum absolute atomic E-state index is 14.7. The predicted molar refractivity (Wildman–Crippen MR) is 152 cm³/mol. The molecule has 1 saturated heterocycles. The van der Waals surface area contributed by atoms with Gasteiger partial charge in [0.2, 0.25) is 0 Å². The number of piperidine rings is 1. The molecule has 0 radical (unpaired) electrons. The molecular weight excluding hydrogens is 556 g/mol. The highest BCUT2D eigenvalue weighted by atomic mass is 19.4. The third-order valence-electron chi connectivity index (χ3n) is 6.79. The molecule has 2 atom stereocenters. The van der Waals surface area contributed by atoms with Gasteiger partial charge in [-0.1, -0.05) is 5.92 Å². The highest BCUT2D eigenvalue weighted by Crippen LogP contribution is 2.29. The van der Waals surface area contributed by atoms with Gasteiger partial charge >= 0.3 is 6.18 Å². The quantitative estimate of drug-likeness (QED) is 0.188. The lowest BCUT2D eigenvalue weighted by atomic mass is 10.0. The normalized spacial score (nSPS) is 17.4. The fraction of sp³-hybridized carbons (Fsp3) is 0.448. The van der Waals surface area contributed by atoms with Gasteiger partial charge in [-0.15, -0.1) is 0 Å². The molecule has 1 amide bonds. The Morgan fingerprint density at radius 1 is 1.21 bits per heavy atom. The fourth-order valence-corrected chi connectivity index (χ4v) is 4.68. The van der Waals surface area contributed by atoms with Gasteiger partial charge in [-0.25, -0.2) is 9.37 Å². The first-order valence-electron chi connectivity index (χ1n) is 13.5. The Morgan fingerprint density at radius 3 is 2.74 bits per heavy atom. The monoisotopic (exact) mass is 590 g/mol. The molecule has 9 nitrogen and oxygen atoms in total. The second kappa shape index (κ2) is 13.8. The Bertz CT molecular complexity index is 1450. The van der Waals surface area contributed by atoms with E-state index in [0.29, 0.717) is 42.3 Å². The number of methoxy groups -OCH3 is 1. The van der Waals surface area contributed by atoms with Gasteiger partial charge in [-0.2, -0.15) is 13.2 Å². The number of alkyl halides is 4. The Hall–Kier alpha value is -4.02. The number of nitrogens with one attached hydrogen (secondary N) is 3. The zero-order valence-corrected chi connectivity index (χ0v) is 23.6. The maximum Gasteiger partial charge on any atom is 0.394 e. The van der Waals surface area contributed by atoms with Crippen molar-refractivity contribution in [3.63, 3.8) is 0 Å². The number of rotatable bonds is 10. The summed E-state index contributed by atoms with van der Waals surface area (Å²) in [5.41, 5.74) is 1.51. The van der Waals surface area contributed by atoms with E-state index in [4.69, 9.17) is 9.47 Å². The van der Waals surface area contributed by atoms with E-state index in [0.717, 1.165) is 0 Å². The lowest BCUT2D eigenvalue weighted by Crippen LogP contribution is -2.46. The van der Waals surface area contributed by atoms with Crippen LogP contribution in [0.1, 0.15) is 28.2 Å². The van der Waals surface area contributed by atoms with Crippen molar-refractivity contribution in [1.29, 1.82) is 0 Å². The lowest BCUT2D eigenvalue weighted by molar-refractivity contribution is -0.128. The molecule has 0 unspecified atom stereocenters. The van der Waals surface area contributed by atoms with Crippen LogP contribution in [0.2, 0.25) is 0 Å². The van der Waals surface area contributed by atoms with E-state index in [1.54, 1.807) is 30.3 Å². The Balaban J connectivity index is 1.58. The average molecular weight is 591 g/mol. The van der Waals surface area contributed by atoms with Gasteiger partial charge in [0.1, 0.15) is 24.2 Å². The second-order valence-electron chi connectivity index (χ2n) is 9.92. The number of halogens is 4. The van der Waals surface area contributed by atoms with E-state index < -0.39 is 24.8 Å². The van der Waals surface area contributed by atoms with E-state index in [1.807, 2.05) is 11.9 Å². The van der Waals surface area contributed by atoms with Gasteiger partial charge in [0.15, 0.2) is 5.65 Å². The fourth-order valence-electron chi connectivity index (χ4n) is 4.68. The molecule has 4 rings (SSSR count). The summed E-state index contributed by atoms with van der Waals surface area (Å²) in [7, 11) is 4.90. The summed E-state index contributed by atoms with van der Waals surface area (Å²) in [5, 5.41) is 8.79. The number of carbonyl (C=O) groups excluding carboxylic acids is 1. The summed E-state index contributed by atoms with van der Waals surface area (Å²) in [6, 6.07) is 7.65. The average Bonchev–Trinajstić information content (AvgIpc) is 3.29. The van der Waals surface area contributed by atoms with E-state index in [-0.39, 0.29) is 42.6 Å². The minimum absolute atomic E-state index is 0.0184. The molecule has 1 aromatic carbocycles. The number of fused-ring (bicyclic) bond motifs is 1. The first-order chi connectivity index (χ1) is 20.1. The summed E-state index contributed by atoms with van der Waals surface area (Å²) >= 11 is 0. The summed E-state index contributed by atoms with van der Waals surface area (Å²) in [6.07, 6.45) is -4.81. The number of hydrogen-bond donors (Lipinski definition) is 3. The second-order valence-corrected chi connectivity index (χ2v) is 9.92. The number of benzene rings is 1. The van der Waals surface area contributed by atoms with Gasteiger partial charge in [-0.05, 0) is 49.7 Å². The summed E-state index contributed by atoms with van der Waals surface area (Å²) < 4.78 is 67.5. The van der Waals surface area contributed by atoms with E-state index in [9.17, 15) is 22.4 Å². The minimum Gasteiger partial charge on any atom is -0.489 e. The number of imidazole rings is 1. The van der Waals surface area contributed by atoms with Crippen molar-refractivity contribution < 1.29 is 31.8 Å². The zero-order valence-electron chi connectivity index (χ0n) is 23.6. The third kappa shape index (κ3) is 7.83. The standard InChI is InChI=1S/C29H34F4N6O3/c1-34-28(40)19-8-9-23(26(16-19)42-15-14-41-3)35-11-4-6-22-25(17-29(31,32)33)39-12-5-7-24(27(39)37-22)36-21-10-13-38(2)18-20(21)30/h5,7-9,12,16,20-21,35-36H,10-11,13-15,17-18H2,1-3H3,(H,34,40)/t20-,21+/m0/s1. The van der Waals surface area contributed by atoms with Crippen LogP contribution in [0.25, 0.3) is 5.65 Å². The summed E-state index contributed by atoms with van der Waals surface area (Å²) in [4.78, 5) is 18.4. The first kappa shape index (κ1) is 30.9. The molecule has 1 fully saturated rings. The molecule has 0 bridgehead atoms. The molecule has 0 spiro atoms. The van der Waals surface area contributed by atoms with Crippen LogP contribution in [0.15, 0.2) is 36.5 Å². The number of anilines is 2. The summed E-state index contributed by atoms with van der Waals surface area (Å²) in [6.45, 7) is 1.61.